The quantitative estimate of drug-likeness (QED) is 0.850. The van der Waals surface area contributed by atoms with Crippen LogP contribution in [0, 0.1) is 13.8 Å². The number of rotatable bonds is 4. The minimum absolute atomic E-state index is 0.0193. The summed E-state index contributed by atoms with van der Waals surface area (Å²) in [6.45, 7) is 3.66. The van der Waals surface area contributed by atoms with E-state index in [4.69, 9.17) is 9.52 Å². The van der Waals surface area contributed by atoms with E-state index in [1.807, 2.05) is 19.9 Å². The first-order valence-electron chi connectivity index (χ1n) is 5.36. The first-order chi connectivity index (χ1) is 8.06. The molecule has 1 atom stereocenters. The Kier molecular flexibility index (Phi) is 2.99. The number of aliphatic carboxylic acids is 1. The summed E-state index contributed by atoms with van der Waals surface area (Å²) >= 11 is 0. The molecule has 2 heterocycles. The van der Waals surface area contributed by atoms with Crippen LogP contribution in [0.1, 0.15) is 35.4 Å². The number of carboxylic acid groups (broad SMARTS) is 1. The van der Waals surface area contributed by atoms with E-state index in [0.717, 1.165) is 17.3 Å². The molecular weight excluding hydrogens is 220 g/mol. The zero-order valence-corrected chi connectivity index (χ0v) is 9.73. The average Bonchev–Trinajstić information content (AvgIpc) is 2.84. The van der Waals surface area contributed by atoms with Crippen molar-refractivity contribution in [2.45, 2.75) is 26.2 Å². The molecule has 0 spiro atoms. The predicted octanol–water partition coefficient (Wildman–Crippen LogP) is 2.23. The molecule has 2 aromatic heterocycles. The molecule has 0 aliphatic carbocycles. The van der Waals surface area contributed by atoms with Gasteiger partial charge < -0.3 is 14.5 Å². The fourth-order valence-electron chi connectivity index (χ4n) is 1.80. The molecule has 0 saturated carbocycles. The summed E-state index contributed by atoms with van der Waals surface area (Å²) in [4.78, 5) is 18.0. The Balaban J connectivity index is 2.34. The van der Waals surface area contributed by atoms with Crippen LogP contribution in [0.2, 0.25) is 0 Å². The summed E-state index contributed by atoms with van der Waals surface area (Å²) in [5.41, 5.74) is 0.763. The third-order valence-electron chi connectivity index (χ3n) is 2.58. The fourth-order valence-corrected chi connectivity index (χ4v) is 1.80. The second-order valence-electron chi connectivity index (χ2n) is 4.02. The van der Waals surface area contributed by atoms with Crippen molar-refractivity contribution < 1.29 is 14.3 Å². The van der Waals surface area contributed by atoms with Gasteiger partial charge in [-0.1, -0.05) is 0 Å². The molecule has 0 saturated heterocycles. The van der Waals surface area contributed by atoms with Crippen LogP contribution in [-0.2, 0) is 4.79 Å². The molecule has 0 amide bonds. The van der Waals surface area contributed by atoms with Crippen molar-refractivity contribution in [2.75, 3.05) is 0 Å². The lowest BCUT2D eigenvalue weighted by Gasteiger charge is -2.09. The van der Waals surface area contributed by atoms with Crippen molar-refractivity contribution in [1.82, 2.24) is 9.97 Å². The second kappa shape index (κ2) is 4.45. The molecule has 5 nitrogen and oxygen atoms in total. The van der Waals surface area contributed by atoms with Crippen LogP contribution in [0.15, 0.2) is 22.7 Å². The number of aromatic nitrogens is 2. The van der Waals surface area contributed by atoms with Gasteiger partial charge in [-0.3, -0.25) is 4.79 Å². The first kappa shape index (κ1) is 11.4. The lowest BCUT2D eigenvalue weighted by atomic mass is 9.99. The maximum absolute atomic E-state index is 10.9. The SMILES string of the molecule is Cc1ncc(C(CC(=O)O)c2ccc(C)o2)[nH]1. The number of hydrogen-bond donors (Lipinski definition) is 2. The summed E-state index contributed by atoms with van der Waals surface area (Å²) in [5, 5.41) is 8.94. The van der Waals surface area contributed by atoms with Crippen LogP contribution < -0.4 is 0 Å². The highest BCUT2D eigenvalue weighted by Gasteiger charge is 2.22. The van der Waals surface area contributed by atoms with E-state index in [0.29, 0.717) is 5.76 Å². The van der Waals surface area contributed by atoms with E-state index in [9.17, 15) is 4.79 Å². The lowest BCUT2D eigenvalue weighted by Crippen LogP contribution is -2.07. The van der Waals surface area contributed by atoms with Crippen LogP contribution in [0.5, 0.6) is 0 Å². The van der Waals surface area contributed by atoms with Gasteiger partial charge in [0, 0.05) is 11.9 Å². The van der Waals surface area contributed by atoms with Gasteiger partial charge in [-0.15, -0.1) is 0 Å². The lowest BCUT2D eigenvalue weighted by molar-refractivity contribution is -0.137. The molecule has 0 fully saturated rings. The molecule has 2 N–H and O–H groups in total. The van der Waals surface area contributed by atoms with Gasteiger partial charge in [-0.25, -0.2) is 4.98 Å². The predicted molar refractivity (Wildman–Crippen MR) is 60.9 cm³/mol. The third kappa shape index (κ3) is 2.55. The number of aromatic amines is 1. The largest absolute Gasteiger partial charge is 0.481 e. The molecule has 0 aromatic carbocycles. The summed E-state index contributed by atoms with van der Waals surface area (Å²) < 4.78 is 5.50. The smallest absolute Gasteiger partial charge is 0.304 e. The van der Waals surface area contributed by atoms with E-state index in [1.54, 1.807) is 12.3 Å². The van der Waals surface area contributed by atoms with Gasteiger partial charge in [0.2, 0.25) is 0 Å². The molecule has 2 aromatic rings. The molecule has 0 aliphatic heterocycles. The van der Waals surface area contributed by atoms with Crippen LogP contribution in [-0.4, -0.2) is 21.0 Å². The van der Waals surface area contributed by atoms with E-state index in [-0.39, 0.29) is 12.3 Å². The summed E-state index contributed by atoms with van der Waals surface area (Å²) in [7, 11) is 0. The monoisotopic (exact) mass is 234 g/mol. The van der Waals surface area contributed by atoms with E-state index < -0.39 is 5.97 Å². The van der Waals surface area contributed by atoms with Crippen LogP contribution in [0.3, 0.4) is 0 Å². The molecule has 5 heteroatoms. The zero-order valence-electron chi connectivity index (χ0n) is 9.73. The molecule has 0 bridgehead atoms. The average molecular weight is 234 g/mol. The number of furan rings is 1. The van der Waals surface area contributed by atoms with Crippen LogP contribution in [0.25, 0.3) is 0 Å². The maximum Gasteiger partial charge on any atom is 0.304 e. The van der Waals surface area contributed by atoms with Crippen LogP contribution in [0.4, 0.5) is 0 Å². The number of hydrogen-bond acceptors (Lipinski definition) is 3. The van der Waals surface area contributed by atoms with Gasteiger partial charge in [0.25, 0.3) is 0 Å². The Morgan fingerprint density at radius 2 is 2.29 bits per heavy atom. The van der Waals surface area contributed by atoms with Gasteiger partial charge in [-0.2, -0.15) is 0 Å². The number of H-pyrrole nitrogens is 1. The first-order valence-corrected chi connectivity index (χ1v) is 5.36. The highest BCUT2D eigenvalue weighted by atomic mass is 16.4. The molecule has 2 rings (SSSR count). The molecule has 0 aliphatic rings. The van der Waals surface area contributed by atoms with Gasteiger partial charge in [0.1, 0.15) is 17.3 Å². The Morgan fingerprint density at radius 3 is 2.76 bits per heavy atom. The van der Waals surface area contributed by atoms with Crippen molar-refractivity contribution in [3.8, 4) is 0 Å². The number of nitrogens with zero attached hydrogens (tertiary/aromatic N) is 1. The molecule has 17 heavy (non-hydrogen) atoms. The molecule has 1 unspecified atom stereocenters. The fraction of sp³-hybridized carbons (Fsp3) is 0.333. The molecule has 90 valence electrons. The Bertz CT molecular complexity index is 487. The van der Waals surface area contributed by atoms with E-state index in [1.165, 1.54) is 0 Å². The number of carboxylic acids is 1. The number of nitrogens with one attached hydrogen (secondary N) is 1. The van der Waals surface area contributed by atoms with E-state index >= 15 is 0 Å². The Morgan fingerprint density at radius 1 is 1.53 bits per heavy atom. The van der Waals surface area contributed by atoms with Gasteiger partial charge in [0.05, 0.1) is 12.3 Å². The Labute approximate surface area is 98.5 Å². The minimum Gasteiger partial charge on any atom is -0.481 e. The number of aryl methyl sites for hydroxylation is 2. The van der Waals surface area contributed by atoms with Crippen molar-refractivity contribution in [3.63, 3.8) is 0 Å². The van der Waals surface area contributed by atoms with Crippen molar-refractivity contribution in [2.24, 2.45) is 0 Å². The molecule has 0 radical (unpaired) electrons. The standard InChI is InChI=1S/C12H14N2O3/c1-7-3-4-11(17-7)9(5-12(15)16)10-6-13-8(2)14-10/h3-4,6,9H,5H2,1-2H3,(H,13,14)(H,15,16). The van der Waals surface area contributed by atoms with Crippen molar-refractivity contribution >= 4 is 5.97 Å². The maximum atomic E-state index is 10.9. The highest BCUT2D eigenvalue weighted by molar-refractivity contribution is 5.68. The van der Waals surface area contributed by atoms with Crippen molar-refractivity contribution in [1.29, 1.82) is 0 Å². The summed E-state index contributed by atoms with van der Waals surface area (Å²) in [6.07, 6.45) is 1.63. The molecular formula is C12H14N2O3. The summed E-state index contributed by atoms with van der Waals surface area (Å²) in [6, 6.07) is 3.63. The van der Waals surface area contributed by atoms with Crippen LogP contribution >= 0.6 is 0 Å². The second-order valence-corrected chi connectivity index (χ2v) is 4.02. The van der Waals surface area contributed by atoms with Gasteiger partial charge in [-0.05, 0) is 26.0 Å². The van der Waals surface area contributed by atoms with E-state index in [2.05, 4.69) is 9.97 Å². The number of imidazole rings is 1. The van der Waals surface area contributed by atoms with Gasteiger partial charge in [0.15, 0.2) is 0 Å². The third-order valence-corrected chi connectivity index (χ3v) is 2.58. The van der Waals surface area contributed by atoms with Crippen molar-refractivity contribution in [3.05, 3.63) is 41.4 Å². The Hall–Kier alpha value is -2.04. The normalized spacial score (nSPS) is 12.6. The topological polar surface area (TPSA) is 79.1 Å². The summed E-state index contributed by atoms with van der Waals surface area (Å²) in [5.74, 6) is 0.998. The highest BCUT2D eigenvalue weighted by Crippen LogP contribution is 2.28. The van der Waals surface area contributed by atoms with Gasteiger partial charge >= 0.3 is 5.97 Å². The number of carbonyl (C=O) groups is 1. The zero-order chi connectivity index (χ0) is 12.4. The minimum atomic E-state index is -0.865.